The molecule has 1 aromatic rings. The van der Waals surface area contributed by atoms with E-state index in [4.69, 9.17) is 0 Å². The average Bonchev–Trinajstić information content (AvgIpc) is 2.53. The molecule has 0 radical (unpaired) electrons. The Morgan fingerprint density at radius 3 is 2.48 bits per heavy atom. The van der Waals surface area contributed by atoms with Crippen molar-refractivity contribution in [3.05, 3.63) is 29.6 Å². The van der Waals surface area contributed by atoms with Crippen LogP contribution in [0.1, 0.15) is 50.9 Å². The molecule has 1 aromatic carbocycles. The minimum atomic E-state index is -3.75. The van der Waals surface area contributed by atoms with E-state index in [1.54, 1.807) is 0 Å². The van der Waals surface area contributed by atoms with E-state index in [1.165, 1.54) is 10.4 Å². The summed E-state index contributed by atoms with van der Waals surface area (Å²) in [4.78, 5) is 12.2. The second kappa shape index (κ2) is 7.83. The van der Waals surface area contributed by atoms with Crippen LogP contribution in [0.15, 0.2) is 23.1 Å². The summed E-state index contributed by atoms with van der Waals surface area (Å²) >= 11 is 0. The maximum absolute atomic E-state index is 14.1. The number of piperidine rings is 1. The first-order valence-electron chi connectivity index (χ1n) is 8.75. The van der Waals surface area contributed by atoms with Crippen LogP contribution in [-0.4, -0.2) is 37.8 Å². The SMILES string of the molecule is CC[C@H](C)NC(=O)c1cc(S(=O)(=O)N2C[C@@H](C)C[C@H](C)C2)ccc1F. The minimum absolute atomic E-state index is 0.0375. The van der Waals surface area contributed by atoms with E-state index >= 15 is 0 Å². The van der Waals surface area contributed by atoms with Crippen molar-refractivity contribution >= 4 is 15.9 Å². The van der Waals surface area contributed by atoms with Crippen LogP contribution in [0.2, 0.25) is 0 Å². The summed E-state index contributed by atoms with van der Waals surface area (Å²) in [6.45, 7) is 8.65. The molecule has 1 heterocycles. The molecule has 0 aliphatic carbocycles. The Kier molecular flexibility index (Phi) is 6.21. The van der Waals surface area contributed by atoms with Gasteiger partial charge in [-0.3, -0.25) is 4.79 Å². The van der Waals surface area contributed by atoms with Crippen molar-refractivity contribution in [2.24, 2.45) is 11.8 Å². The highest BCUT2D eigenvalue weighted by Crippen LogP contribution is 2.27. The first-order valence-corrected chi connectivity index (χ1v) is 10.2. The van der Waals surface area contributed by atoms with Crippen LogP contribution in [-0.2, 0) is 10.0 Å². The summed E-state index contributed by atoms with van der Waals surface area (Å²) in [6, 6.07) is 3.31. The number of benzene rings is 1. The van der Waals surface area contributed by atoms with E-state index in [1.807, 2.05) is 27.7 Å². The molecule has 0 aromatic heterocycles. The van der Waals surface area contributed by atoms with Gasteiger partial charge in [-0.25, -0.2) is 12.8 Å². The molecule has 25 heavy (non-hydrogen) atoms. The van der Waals surface area contributed by atoms with Gasteiger partial charge in [-0.1, -0.05) is 20.8 Å². The number of halogens is 1. The lowest BCUT2D eigenvalue weighted by molar-refractivity contribution is 0.0935. The molecule has 140 valence electrons. The molecule has 0 spiro atoms. The number of rotatable bonds is 5. The lowest BCUT2D eigenvalue weighted by atomic mass is 9.94. The Hall–Kier alpha value is -1.47. The summed E-state index contributed by atoms with van der Waals surface area (Å²) < 4.78 is 41.3. The van der Waals surface area contributed by atoms with Crippen molar-refractivity contribution in [3.63, 3.8) is 0 Å². The molecule has 0 bridgehead atoms. The number of hydrogen-bond acceptors (Lipinski definition) is 3. The molecule has 1 aliphatic heterocycles. The molecule has 1 aliphatic rings. The summed E-state index contributed by atoms with van der Waals surface area (Å²) in [5.41, 5.74) is -0.237. The van der Waals surface area contributed by atoms with Crippen molar-refractivity contribution < 1.29 is 17.6 Å². The van der Waals surface area contributed by atoms with Gasteiger partial charge in [0.25, 0.3) is 5.91 Å². The molecule has 0 saturated carbocycles. The van der Waals surface area contributed by atoms with Gasteiger partial charge in [0.2, 0.25) is 10.0 Å². The fourth-order valence-corrected chi connectivity index (χ4v) is 4.90. The van der Waals surface area contributed by atoms with Gasteiger partial charge in [-0.05, 0) is 49.8 Å². The standard InChI is InChI=1S/C18H27FN2O3S/c1-5-14(4)20-18(22)16-9-15(6-7-17(16)19)25(23,24)21-10-12(2)8-13(3)11-21/h6-7,9,12-14H,5,8,10-11H2,1-4H3,(H,20,22)/t12-,13-,14-/m0/s1. The van der Waals surface area contributed by atoms with Crippen LogP contribution in [0, 0.1) is 17.7 Å². The fraction of sp³-hybridized carbons (Fsp3) is 0.611. The molecule has 1 amide bonds. The Morgan fingerprint density at radius 1 is 1.32 bits per heavy atom. The van der Waals surface area contributed by atoms with Gasteiger partial charge in [0, 0.05) is 19.1 Å². The molecular weight excluding hydrogens is 343 g/mol. The zero-order valence-electron chi connectivity index (χ0n) is 15.3. The molecule has 1 N–H and O–H groups in total. The molecule has 7 heteroatoms. The molecule has 5 nitrogen and oxygen atoms in total. The van der Waals surface area contributed by atoms with E-state index in [9.17, 15) is 17.6 Å². The zero-order valence-corrected chi connectivity index (χ0v) is 16.1. The third-order valence-corrected chi connectivity index (χ3v) is 6.47. The summed E-state index contributed by atoms with van der Waals surface area (Å²) in [6.07, 6.45) is 1.69. The van der Waals surface area contributed by atoms with Crippen molar-refractivity contribution in [2.75, 3.05) is 13.1 Å². The van der Waals surface area contributed by atoms with Crippen molar-refractivity contribution in [3.8, 4) is 0 Å². The van der Waals surface area contributed by atoms with Gasteiger partial charge in [-0.2, -0.15) is 4.31 Å². The Balaban J connectivity index is 2.33. The van der Waals surface area contributed by atoms with Gasteiger partial charge in [0.1, 0.15) is 5.82 Å². The second-order valence-electron chi connectivity index (χ2n) is 7.19. The zero-order chi connectivity index (χ0) is 18.8. The number of nitrogens with zero attached hydrogens (tertiary/aromatic N) is 1. The highest BCUT2D eigenvalue weighted by molar-refractivity contribution is 7.89. The van der Waals surface area contributed by atoms with Crippen molar-refractivity contribution in [1.29, 1.82) is 0 Å². The third kappa shape index (κ3) is 4.58. The predicted octanol–water partition coefficient (Wildman–Crippen LogP) is 3.02. The van der Waals surface area contributed by atoms with Gasteiger partial charge in [-0.15, -0.1) is 0 Å². The third-order valence-electron chi connectivity index (χ3n) is 4.65. The number of sulfonamides is 1. The largest absolute Gasteiger partial charge is 0.350 e. The quantitative estimate of drug-likeness (QED) is 0.866. The van der Waals surface area contributed by atoms with Crippen LogP contribution in [0.3, 0.4) is 0 Å². The summed E-state index contributed by atoms with van der Waals surface area (Å²) in [7, 11) is -3.75. The van der Waals surface area contributed by atoms with Crippen molar-refractivity contribution in [2.45, 2.75) is 51.5 Å². The van der Waals surface area contributed by atoms with E-state index in [2.05, 4.69) is 5.32 Å². The first kappa shape index (κ1) is 19.8. The molecule has 1 saturated heterocycles. The Morgan fingerprint density at radius 2 is 1.92 bits per heavy atom. The van der Waals surface area contributed by atoms with Gasteiger partial charge in [0.15, 0.2) is 0 Å². The Labute approximate surface area is 149 Å². The lowest BCUT2D eigenvalue weighted by Crippen LogP contribution is -2.42. The first-order chi connectivity index (χ1) is 11.6. The summed E-state index contributed by atoms with van der Waals surface area (Å²) in [5, 5.41) is 2.67. The smallest absolute Gasteiger partial charge is 0.254 e. The van der Waals surface area contributed by atoms with E-state index in [0.717, 1.165) is 18.6 Å². The van der Waals surface area contributed by atoms with Crippen LogP contribution < -0.4 is 5.32 Å². The molecule has 1 fully saturated rings. The number of amides is 1. The fourth-order valence-electron chi connectivity index (χ4n) is 3.19. The van der Waals surface area contributed by atoms with Crippen LogP contribution in [0.25, 0.3) is 0 Å². The van der Waals surface area contributed by atoms with Gasteiger partial charge in [0.05, 0.1) is 10.5 Å². The predicted molar refractivity (Wildman–Crippen MR) is 95.3 cm³/mol. The topological polar surface area (TPSA) is 66.5 Å². The van der Waals surface area contributed by atoms with Gasteiger partial charge >= 0.3 is 0 Å². The maximum atomic E-state index is 14.1. The molecular formula is C18H27FN2O3S. The van der Waals surface area contributed by atoms with Crippen LogP contribution in [0.4, 0.5) is 4.39 Å². The number of hydrogen-bond donors (Lipinski definition) is 1. The molecule has 3 atom stereocenters. The van der Waals surface area contributed by atoms with Crippen molar-refractivity contribution in [1.82, 2.24) is 9.62 Å². The number of carbonyl (C=O) groups is 1. The molecule has 2 rings (SSSR count). The highest BCUT2D eigenvalue weighted by atomic mass is 32.2. The number of carbonyl (C=O) groups excluding carboxylic acids is 1. The van der Waals surface area contributed by atoms with E-state index in [-0.39, 0.29) is 28.3 Å². The van der Waals surface area contributed by atoms with Gasteiger partial charge < -0.3 is 5.32 Å². The lowest BCUT2D eigenvalue weighted by Gasteiger charge is -2.34. The van der Waals surface area contributed by atoms with Crippen LogP contribution in [0.5, 0.6) is 0 Å². The average molecular weight is 370 g/mol. The normalized spacial score (nSPS) is 23.2. The Bertz CT molecular complexity index is 726. The number of nitrogens with one attached hydrogen (secondary N) is 1. The minimum Gasteiger partial charge on any atom is -0.350 e. The van der Waals surface area contributed by atoms with E-state index < -0.39 is 21.7 Å². The highest BCUT2D eigenvalue weighted by Gasteiger charge is 2.32. The summed E-state index contributed by atoms with van der Waals surface area (Å²) in [5.74, 6) is -0.774. The van der Waals surface area contributed by atoms with E-state index in [0.29, 0.717) is 19.5 Å². The monoisotopic (exact) mass is 370 g/mol. The maximum Gasteiger partial charge on any atom is 0.254 e. The van der Waals surface area contributed by atoms with Crippen LogP contribution >= 0.6 is 0 Å². The second-order valence-corrected chi connectivity index (χ2v) is 9.13. The molecule has 0 unspecified atom stereocenters.